The average molecular weight is 303 g/mol. The Bertz CT molecular complexity index is 948. The van der Waals surface area contributed by atoms with Gasteiger partial charge in [0, 0.05) is 0 Å². The molecule has 0 aliphatic rings. The molecule has 6 heteroatoms. The van der Waals surface area contributed by atoms with Crippen LogP contribution >= 0.6 is 0 Å². The van der Waals surface area contributed by atoms with E-state index in [1.54, 1.807) is 10.9 Å². The molecule has 4 aromatic rings. The maximum atomic E-state index is 5.83. The summed E-state index contributed by atoms with van der Waals surface area (Å²) in [5.74, 6) is 1.97. The lowest BCUT2D eigenvalue weighted by molar-refractivity contribution is 0.482. The second-order valence-electron chi connectivity index (χ2n) is 4.96. The van der Waals surface area contributed by atoms with E-state index in [1.165, 1.54) is 6.33 Å². The Labute approximate surface area is 132 Å². The molecule has 0 bridgehead atoms. The van der Waals surface area contributed by atoms with Gasteiger partial charge in [-0.3, -0.25) is 0 Å². The number of aromatic nitrogens is 4. The summed E-state index contributed by atoms with van der Waals surface area (Å²) in [6.07, 6.45) is 3.10. The molecule has 2 heterocycles. The first-order valence-corrected chi connectivity index (χ1v) is 7.09. The molecule has 0 saturated heterocycles. The number of anilines is 1. The van der Waals surface area contributed by atoms with Gasteiger partial charge in [0.15, 0.2) is 5.65 Å². The van der Waals surface area contributed by atoms with Crippen molar-refractivity contribution in [2.75, 3.05) is 5.73 Å². The number of benzene rings is 2. The van der Waals surface area contributed by atoms with Crippen molar-refractivity contribution in [3.05, 3.63) is 67.1 Å². The summed E-state index contributed by atoms with van der Waals surface area (Å²) in [6.45, 7) is 0. The van der Waals surface area contributed by atoms with Crippen molar-refractivity contribution < 1.29 is 4.74 Å². The second kappa shape index (κ2) is 5.42. The fraction of sp³-hybridized carbons (Fsp3) is 0. The maximum Gasteiger partial charge on any atom is 0.168 e. The van der Waals surface area contributed by atoms with Gasteiger partial charge in [-0.15, -0.1) is 0 Å². The second-order valence-corrected chi connectivity index (χ2v) is 4.96. The van der Waals surface area contributed by atoms with Crippen LogP contribution in [0.1, 0.15) is 0 Å². The van der Waals surface area contributed by atoms with Crippen molar-refractivity contribution >= 4 is 16.9 Å². The van der Waals surface area contributed by atoms with Gasteiger partial charge < -0.3 is 10.5 Å². The number of para-hydroxylation sites is 1. The van der Waals surface area contributed by atoms with Crippen molar-refractivity contribution in [3.8, 4) is 17.2 Å². The molecule has 6 nitrogen and oxygen atoms in total. The summed E-state index contributed by atoms with van der Waals surface area (Å²) in [5, 5.41) is 5.07. The van der Waals surface area contributed by atoms with E-state index < -0.39 is 0 Å². The molecule has 2 aromatic heterocycles. The van der Waals surface area contributed by atoms with Gasteiger partial charge in [-0.05, 0) is 36.4 Å². The topological polar surface area (TPSA) is 78.9 Å². The lowest BCUT2D eigenvalue weighted by Gasteiger charge is -2.07. The molecule has 0 unspecified atom stereocenters. The van der Waals surface area contributed by atoms with E-state index in [0.717, 1.165) is 22.6 Å². The number of hydrogen-bond donors (Lipinski definition) is 1. The van der Waals surface area contributed by atoms with Crippen molar-refractivity contribution in [1.29, 1.82) is 0 Å². The van der Waals surface area contributed by atoms with Crippen LogP contribution in [-0.2, 0) is 0 Å². The molecule has 0 saturated carbocycles. The zero-order valence-corrected chi connectivity index (χ0v) is 12.1. The van der Waals surface area contributed by atoms with Crippen LogP contribution in [0, 0.1) is 0 Å². The number of ether oxygens (including phenoxy) is 1. The van der Waals surface area contributed by atoms with Gasteiger partial charge in [0.25, 0.3) is 0 Å². The zero-order chi connectivity index (χ0) is 15.6. The summed E-state index contributed by atoms with van der Waals surface area (Å²) < 4.78 is 7.50. The van der Waals surface area contributed by atoms with Crippen LogP contribution in [0.15, 0.2) is 67.1 Å². The van der Waals surface area contributed by atoms with Crippen LogP contribution in [-0.4, -0.2) is 19.7 Å². The Balaban J connectivity index is 1.66. The van der Waals surface area contributed by atoms with Crippen LogP contribution in [0.5, 0.6) is 11.5 Å². The molecule has 0 amide bonds. The Morgan fingerprint density at radius 2 is 1.61 bits per heavy atom. The van der Waals surface area contributed by atoms with E-state index in [9.17, 15) is 0 Å². The minimum absolute atomic E-state index is 0.422. The monoisotopic (exact) mass is 303 g/mol. The highest BCUT2D eigenvalue weighted by Gasteiger charge is 2.09. The van der Waals surface area contributed by atoms with E-state index in [0.29, 0.717) is 11.5 Å². The molecular weight excluding hydrogens is 290 g/mol. The highest BCUT2D eigenvalue weighted by molar-refractivity contribution is 5.85. The predicted octanol–water partition coefficient (Wildman–Crippen LogP) is 3.19. The first-order valence-electron chi connectivity index (χ1n) is 7.09. The first kappa shape index (κ1) is 13.3. The lowest BCUT2D eigenvalue weighted by Crippen LogP contribution is -1.99. The third kappa shape index (κ3) is 2.46. The largest absolute Gasteiger partial charge is 0.457 e. The Kier molecular flexibility index (Phi) is 3.12. The molecular formula is C17H13N5O. The van der Waals surface area contributed by atoms with Crippen LogP contribution in [0.3, 0.4) is 0 Å². The third-order valence-corrected chi connectivity index (χ3v) is 3.46. The molecule has 0 radical (unpaired) electrons. The van der Waals surface area contributed by atoms with Crippen LogP contribution in [0.2, 0.25) is 0 Å². The van der Waals surface area contributed by atoms with Gasteiger partial charge in [-0.1, -0.05) is 18.2 Å². The van der Waals surface area contributed by atoms with Gasteiger partial charge in [0.2, 0.25) is 0 Å². The number of nitrogens with two attached hydrogens (primary N) is 1. The number of rotatable bonds is 3. The minimum Gasteiger partial charge on any atom is -0.457 e. The fourth-order valence-corrected chi connectivity index (χ4v) is 2.33. The standard InChI is InChI=1S/C17H13N5O/c18-16-15-10-21-22(17(15)20-11-19-16)12-6-8-14(9-7-12)23-13-4-2-1-3-5-13/h1-11H,(H2,18,19,20). The fourth-order valence-electron chi connectivity index (χ4n) is 2.33. The molecule has 4 rings (SSSR count). The van der Waals surface area contributed by atoms with Crippen molar-refractivity contribution in [2.45, 2.75) is 0 Å². The van der Waals surface area contributed by atoms with Gasteiger partial charge in [0.05, 0.1) is 17.3 Å². The molecule has 0 spiro atoms. The summed E-state index contributed by atoms with van der Waals surface area (Å²) in [4.78, 5) is 8.22. The Morgan fingerprint density at radius 1 is 0.870 bits per heavy atom. The lowest BCUT2D eigenvalue weighted by atomic mass is 10.3. The van der Waals surface area contributed by atoms with Crippen molar-refractivity contribution in [2.24, 2.45) is 0 Å². The van der Waals surface area contributed by atoms with Gasteiger partial charge in [-0.2, -0.15) is 5.10 Å². The Hall–Kier alpha value is -3.41. The van der Waals surface area contributed by atoms with E-state index in [1.807, 2.05) is 54.6 Å². The smallest absolute Gasteiger partial charge is 0.168 e. The normalized spacial score (nSPS) is 10.8. The Morgan fingerprint density at radius 3 is 2.39 bits per heavy atom. The number of nitrogens with zero attached hydrogens (tertiary/aromatic N) is 4. The molecule has 0 atom stereocenters. The van der Waals surface area contributed by atoms with Crippen molar-refractivity contribution in [3.63, 3.8) is 0 Å². The van der Waals surface area contributed by atoms with Gasteiger partial charge in [-0.25, -0.2) is 14.6 Å². The predicted molar refractivity (Wildman–Crippen MR) is 87.6 cm³/mol. The molecule has 2 aromatic carbocycles. The van der Waals surface area contributed by atoms with E-state index in [-0.39, 0.29) is 0 Å². The van der Waals surface area contributed by atoms with Crippen LogP contribution in [0.25, 0.3) is 16.7 Å². The summed E-state index contributed by atoms with van der Waals surface area (Å²) in [7, 11) is 0. The maximum absolute atomic E-state index is 5.83. The average Bonchev–Trinajstić information content (AvgIpc) is 3.02. The van der Waals surface area contributed by atoms with Crippen molar-refractivity contribution in [1.82, 2.24) is 19.7 Å². The molecule has 0 aliphatic heterocycles. The molecule has 112 valence electrons. The van der Waals surface area contributed by atoms with E-state index >= 15 is 0 Å². The van der Waals surface area contributed by atoms with E-state index in [4.69, 9.17) is 10.5 Å². The SMILES string of the molecule is Nc1ncnc2c1cnn2-c1ccc(Oc2ccccc2)cc1. The first-order chi connectivity index (χ1) is 11.3. The van der Waals surface area contributed by atoms with Crippen LogP contribution < -0.4 is 10.5 Å². The van der Waals surface area contributed by atoms with E-state index in [2.05, 4.69) is 15.1 Å². The number of nitrogen functional groups attached to an aromatic ring is 1. The highest BCUT2D eigenvalue weighted by Crippen LogP contribution is 2.24. The van der Waals surface area contributed by atoms with Gasteiger partial charge in [0.1, 0.15) is 23.6 Å². The number of hydrogen-bond acceptors (Lipinski definition) is 5. The molecule has 0 fully saturated rings. The summed E-state index contributed by atoms with van der Waals surface area (Å²) in [6, 6.07) is 17.3. The third-order valence-electron chi connectivity index (χ3n) is 3.46. The van der Waals surface area contributed by atoms with Crippen LogP contribution in [0.4, 0.5) is 5.82 Å². The highest BCUT2D eigenvalue weighted by atomic mass is 16.5. The van der Waals surface area contributed by atoms with Gasteiger partial charge >= 0.3 is 0 Å². The minimum atomic E-state index is 0.422. The zero-order valence-electron chi connectivity index (χ0n) is 12.1. The number of fused-ring (bicyclic) bond motifs is 1. The molecule has 0 aliphatic carbocycles. The quantitative estimate of drug-likeness (QED) is 0.629. The molecule has 23 heavy (non-hydrogen) atoms. The summed E-state index contributed by atoms with van der Waals surface area (Å²) in [5.41, 5.74) is 7.38. The summed E-state index contributed by atoms with van der Waals surface area (Å²) >= 11 is 0. The molecule has 2 N–H and O–H groups in total.